The van der Waals surface area contributed by atoms with Gasteiger partial charge in [-0.2, -0.15) is 5.26 Å². The molecule has 0 fully saturated rings. The number of anilines is 1. The summed E-state index contributed by atoms with van der Waals surface area (Å²) in [6, 6.07) is 12.6. The fraction of sp³-hybridized carbons (Fsp3) is 0.188. The highest BCUT2D eigenvalue weighted by Gasteiger charge is 2.34. The zero-order valence-electron chi connectivity index (χ0n) is 11.2. The molecule has 104 valence electrons. The molecule has 1 atom stereocenters. The van der Waals surface area contributed by atoms with Gasteiger partial charge in [0.2, 0.25) is 0 Å². The Labute approximate surface area is 122 Å². The quantitative estimate of drug-likeness (QED) is 0.929. The smallest absolute Gasteiger partial charge is 0.326 e. The second-order valence-corrected chi connectivity index (χ2v) is 4.98. The number of carboxylic acid groups (broad SMARTS) is 1. The Bertz CT molecular complexity index is 736. The number of carboxylic acids is 1. The molecule has 1 aliphatic heterocycles. The van der Waals surface area contributed by atoms with E-state index in [-0.39, 0.29) is 0 Å². The Kier molecular flexibility index (Phi) is 3.28. The summed E-state index contributed by atoms with van der Waals surface area (Å²) in [4.78, 5) is 17.3. The number of aliphatic carboxylic acids is 1. The standard InChI is InChI=1S/C16H13N3O2/c17-9-13-7-11(5-6-18-13)10-19-14-4-2-1-3-12(14)8-15(19)16(20)21/h1-7,15H,8,10H2,(H,20,21). The van der Waals surface area contributed by atoms with E-state index in [1.807, 2.05) is 35.2 Å². The number of hydrogen-bond acceptors (Lipinski definition) is 4. The lowest BCUT2D eigenvalue weighted by molar-refractivity contribution is -0.138. The van der Waals surface area contributed by atoms with E-state index in [1.165, 1.54) is 0 Å². The van der Waals surface area contributed by atoms with E-state index in [1.54, 1.807) is 18.3 Å². The molecule has 1 unspecified atom stereocenters. The molecule has 0 bridgehead atoms. The minimum Gasteiger partial charge on any atom is -0.480 e. The molecule has 21 heavy (non-hydrogen) atoms. The van der Waals surface area contributed by atoms with Crippen molar-refractivity contribution in [2.24, 2.45) is 0 Å². The van der Waals surface area contributed by atoms with Crippen molar-refractivity contribution in [3.63, 3.8) is 0 Å². The van der Waals surface area contributed by atoms with Crippen LogP contribution in [0.1, 0.15) is 16.8 Å². The van der Waals surface area contributed by atoms with Crippen molar-refractivity contribution in [1.29, 1.82) is 5.26 Å². The van der Waals surface area contributed by atoms with Gasteiger partial charge >= 0.3 is 5.97 Å². The zero-order chi connectivity index (χ0) is 14.8. The lowest BCUT2D eigenvalue weighted by atomic mass is 10.1. The summed E-state index contributed by atoms with van der Waals surface area (Å²) in [6.45, 7) is 0.450. The number of hydrogen-bond donors (Lipinski definition) is 1. The number of aromatic nitrogens is 1. The molecule has 5 nitrogen and oxygen atoms in total. The van der Waals surface area contributed by atoms with E-state index in [4.69, 9.17) is 5.26 Å². The molecule has 2 heterocycles. The van der Waals surface area contributed by atoms with Gasteiger partial charge in [-0.1, -0.05) is 18.2 Å². The van der Waals surface area contributed by atoms with Crippen LogP contribution in [0.2, 0.25) is 0 Å². The average molecular weight is 279 g/mol. The number of nitriles is 1. The van der Waals surface area contributed by atoms with Crippen LogP contribution in [-0.2, 0) is 17.8 Å². The van der Waals surface area contributed by atoms with E-state index < -0.39 is 12.0 Å². The van der Waals surface area contributed by atoms with Gasteiger partial charge in [-0.3, -0.25) is 0 Å². The molecule has 0 aliphatic carbocycles. The van der Waals surface area contributed by atoms with Gasteiger partial charge in [0.1, 0.15) is 17.8 Å². The third-order valence-electron chi connectivity index (χ3n) is 3.67. The van der Waals surface area contributed by atoms with Crippen molar-refractivity contribution in [2.45, 2.75) is 19.0 Å². The highest BCUT2D eigenvalue weighted by Crippen LogP contribution is 2.33. The van der Waals surface area contributed by atoms with Crippen LogP contribution in [0.4, 0.5) is 5.69 Å². The second-order valence-electron chi connectivity index (χ2n) is 4.98. The lowest BCUT2D eigenvalue weighted by Crippen LogP contribution is -2.38. The first kappa shape index (κ1) is 13.1. The molecule has 2 aromatic rings. The van der Waals surface area contributed by atoms with Gasteiger partial charge in [0.05, 0.1) is 0 Å². The number of fused-ring (bicyclic) bond motifs is 1. The highest BCUT2D eigenvalue weighted by molar-refractivity contribution is 5.82. The summed E-state index contributed by atoms with van der Waals surface area (Å²) >= 11 is 0. The van der Waals surface area contributed by atoms with Crippen LogP contribution < -0.4 is 4.90 Å². The highest BCUT2D eigenvalue weighted by atomic mass is 16.4. The molecular formula is C16H13N3O2. The van der Waals surface area contributed by atoms with Crippen molar-refractivity contribution in [2.75, 3.05) is 4.90 Å². The number of pyridine rings is 1. The van der Waals surface area contributed by atoms with Crippen LogP contribution in [0, 0.1) is 11.3 Å². The summed E-state index contributed by atoms with van der Waals surface area (Å²) in [7, 11) is 0. The van der Waals surface area contributed by atoms with Crippen molar-refractivity contribution in [1.82, 2.24) is 4.98 Å². The van der Waals surface area contributed by atoms with Crippen molar-refractivity contribution < 1.29 is 9.90 Å². The summed E-state index contributed by atoms with van der Waals surface area (Å²) in [5, 5.41) is 18.3. The molecule has 1 aliphatic rings. The largest absolute Gasteiger partial charge is 0.480 e. The minimum absolute atomic E-state index is 0.340. The van der Waals surface area contributed by atoms with Gasteiger partial charge in [-0.15, -0.1) is 0 Å². The predicted molar refractivity (Wildman–Crippen MR) is 76.7 cm³/mol. The van der Waals surface area contributed by atoms with Crippen LogP contribution in [0.3, 0.4) is 0 Å². The van der Waals surface area contributed by atoms with Gasteiger partial charge < -0.3 is 10.0 Å². The molecule has 0 saturated carbocycles. The van der Waals surface area contributed by atoms with E-state index >= 15 is 0 Å². The first-order valence-corrected chi connectivity index (χ1v) is 6.61. The van der Waals surface area contributed by atoms with Crippen LogP contribution in [0.5, 0.6) is 0 Å². The Morgan fingerprint density at radius 2 is 2.24 bits per heavy atom. The van der Waals surface area contributed by atoms with Crippen LogP contribution in [-0.4, -0.2) is 22.1 Å². The first-order valence-electron chi connectivity index (χ1n) is 6.61. The third-order valence-corrected chi connectivity index (χ3v) is 3.67. The van der Waals surface area contributed by atoms with E-state index in [0.29, 0.717) is 18.7 Å². The van der Waals surface area contributed by atoms with Gasteiger partial charge in [0.25, 0.3) is 0 Å². The monoisotopic (exact) mass is 279 g/mol. The lowest BCUT2D eigenvalue weighted by Gasteiger charge is -2.24. The van der Waals surface area contributed by atoms with Crippen LogP contribution >= 0.6 is 0 Å². The molecular weight excluding hydrogens is 266 g/mol. The van der Waals surface area contributed by atoms with E-state index in [2.05, 4.69) is 4.98 Å². The van der Waals surface area contributed by atoms with Gasteiger partial charge in [0, 0.05) is 24.8 Å². The second kappa shape index (κ2) is 5.25. The Morgan fingerprint density at radius 3 is 3.00 bits per heavy atom. The number of rotatable bonds is 3. The number of para-hydroxylation sites is 1. The number of benzene rings is 1. The molecule has 0 amide bonds. The van der Waals surface area contributed by atoms with E-state index in [0.717, 1.165) is 16.8 Å². The molecule has 1 aromatic heterocycles. The summed E-state index contributed by atoms with van der Waals surface area (Å²) in [5.41, 5.74) is 3.20. The normalized spacial score (nSPS) is 16.3. The number of carbonyl (C=O) groups is 1. The Balaban J connectivity index is 1.95. The van der Waals surface area contributed by atoms with Crippen LogP contribution in [0.15, 0.2) is 42.6 Å². The molecule has 0 radical (unpaired) electrons. The summed E-state index contributed by atoms with van der Waals surface area (Å²) in [5.74, 6) is -0.833. The molecule has 0 spiro atoms. The molecule has 3 rings (SSSR count). The maximum Gasteiger partial charge on any atom is 0.326 e. The number of nitrogens with zero attached hydrogens (tertiary/aromatic N) is 3. The molecule has 1 N–H and O–H groups in total. The SMILES string of the molecule is N#Cc1cc(CN2c3ccccc3CC2C(=O)O)ccn1. The average Bonchev–Trinajstić information content (AvgIpc) is 2.87. The molecule has 0 saturated heterocycles. The topological polar surface area (TPSA) is 77.2 Å². The van der Waals surface area contributed by atoms with Gasteiger partial charge in [0.15, 0.2) is 0 Å². The van der Waals surface area contributed by atoms with Gasteiger partial charge in [-0.05, 0) is 29.3 Å². The zero-order valence-corrected chi connectivity index (χ0v) is 11.2. The maximum absolute atomic E-state index is 11.5. The maximum atomic E-state index is 11.5. The fourth-order valence-electron chi connectivity index (χ4n) is 2.70. The molecule has 5 heteroatoms. The predicted octanol–water partition coefficient (Wildman–Crippen LogP) is 1.97. The minimum atomic E-state index is -0.833. The summed E-state index contributed by atoms with van der Waals surface area (Å²) < 4.78 is 0. The van der Waals surface area contributed by atoms with Crippen LogP contribution in [0.25, 0.3) is 0 Å². The summed E-state index contributed by atoms with van der Waals surface area (Å²) in [6.07, 6.45) is 2.08. The fourth-order valence-corrected chi connectivity index (χ4v) is 2.70. The Morgan fingerprint density at radius 1 is 1.43 bits per heavy atom. The van der Waals surface area contributed by atoms with Crippen molar-refractivity contribution >= 4 is 11.7 Å². The van der Waals surface area contributed by atoms with E-state index in [9.17, 15) is 9.90 Å². The Hall–Kier alpha value is -2.87. The van der Waals surface area contributed by atoms with Crippen molar-refractivity contribution in [3.8, 4) is 6.07 Å². The molecule has 1 aromatic carbocycles. The van der Waals surface area contributed by atoms with Gasteiger partial charge in [-0.25, -0.2) is 9.78 Å². The third kappa shape index (κ3) is 2.43. The van der Waals surface area contributed by atoms with Crippen molar-refractivity contribution in [3.05, 3.63) is 59.4 Å². The first-order chi connectivity index (χ1) is 10.2.